The third-order valence-corrected chi connectivity index (χ3v) is 3.08. The number of nitrogen functional groups attached to an aromatic ring is 1. The van der Waals surface area contributed by atoms with Crippen LogP contribution in [0.15, 0.2) is 48.5 Å². The van der Waals surface area contributed by atoms with E-state index in [1.807, 2.05) is 48.5 Å². The zero-order valence-corrected chi connectivity index (χ0v) is 9.14. The Morgan fingerprint density at radius 1 is 0.765 bits per heavy atom. The fourth-order valence-corrected chi connectivity index (χ4v) is 2.28. The maximum atomic E-state index is 9.33. The first-order valence-electron chi connectivity index (χ1n) is 5.42. The molecule has 3 aromatic rings. The summed E-state index contributed by atoms with van der Waals surface area (Å²) in [5, 5.41) is 13.1. The molecule has 0 atom stereocenters. The molecule has 0 saturated heterocycles. The number of fused-ring (bicyclic) bond motifs is 2. The molecule has 0 aromatic heterocycles. The van der Waals surface area contributed by atoms with Gasteiger partial charge in [0.1, 0.15) is 6.07 Å². The quantitative estimate of drug-likeness (QED) is 0.464. The van der Waals surface area contributed by atoms with Gasteiger partial charge < -0.3 is 5.73 Å². The molecule has 2 nitrogen and oxygen atoms in total. The van der Waals surface area contributed by atoms with Crippen molar-refractivity contribution in [1.82, 2.24) is 0 Å². The van der Waals surface area contributed by atoms with Crippen LogP contribution in [0.5, 0.6) is 0 Å². The molecule has 0 unspecified atom stereocenters. The summed E-state index contributed by atoms with van der Waals surface area (Å²) in [6.07, 6.45) is 0. The molecule has 0 aliphatic rings. The summed E-state index contributed by atoms with van der Waals surface area (Å²) in [6, 6.07) is 17.8. The van der Waals surface area contributed by atoms with Gasteiger partial charge in [0.25, 0.3) is 0 Å². The maximum Gasteiger partial charge on any atom is 0.100 e. The van der Waals surface area contributed by atoms with Gasteiger partial charge in [-0.3, -0.25) is 0 Å². The number of nitrogens with two attached hydrogens (primary N) is 1. The van der Waals surface area contributed by atoms with Crippen LogP contribution < -0.4 is 5.73 Å². The van der Waals surface area contributed by atoms with Crippen LogP contribution >= 0.6 is 0 Å². The van der Waals surface area contributed by atoms with Crippen LogP contribution in [0.4, 0.5) is 5.69 Å². The fourth-order valence-electron chi connectivity index (χ4n) is 2.28. The van der Waals surface area contributed by atoms with Crippen molar-refractivity contribution < 1.29 is 0 Å². The molecule has 0 spiro atoms. The second-order valence-corrected chi connectivity index (χ2v) is 3.99. The summed E-state index contributed by atoms with van der Waals surface area (Å²) < 4.78 is 0. The molecule has 2 heteroatoms. The molecule has 80 valence electrons. The predicted molar refractivity (Wildman–Crippen MR) is 70.6 cm³/mol. The van der Waals surface area contributed by atoms with Gasteiger partial charge in [0.2, 0.25) is 0 Å². The molecule has 0 heterocycles. The molecule has 0 aliphatic carbocycles. The molecular formula is C15H10N2. The minimum absolute atomic E-state index is 0.699. The van der Waals surface area contributed by atoms with E-state index in [2.05, 4.69) is 6.07 Å². The first kappa shape index (κ1) is 9.68. The van der Waals surface area contributed by atoms with Gasteiger partial charge in [-0.1, -0.05) is 48.5 Å². The van der Waals surface area contributed by atoms with E-state index >= 15 is 0 Å². The highest BCUT2D eigenvalue weighted by Crippen LogP contribution is 2.33. The van der Waals surface area contributed by atoms with E-state index in [4.69, 9.17) is 5.73 Å². The Kier molecular flexibility index (Phi) is 1.99. The highest BCUT2D eigenvalue weighted by Gasteiger charge is 2.10. The number of anilines is 1. The first-order chi connectivity index (χ1) is 8.33. The molecule has 0 radical (unpaired) electrons. The number of benzene rings is 3. The van der Waals surface area contributed by atoms with Gasteiger partial charge in [-0.25, -0.2) is 0 Å². The topological polar surface area (TPSA) is 49.8 Å². The first-order valence-corrected chi connectivity index (χ1v) is 5.42. The van der Waals surface area contributed by atoms with Gasteiger partial charge in [0.15, 0.2) is 0 Å². The van der Waals surface area contributed by atoms with Crippen LogP contribution in [0.2, 0.25) is 0 Å². The molecule has 0 saturated carbocycles. The van der Waals surface area contributed by atoms with Crippen LogP contribution in [0.1, 0.15) is 5.56 Å². The highest BCUT2D eigenvalue weighted by atomic mass is 14.6. The van der Waals surface area contributed by atoms with E-state index < -0.39 is 0 Å². The van der Waals surface area contributed by atoms with E-state index in [1.165, 1.54) is 0 Å². The highest BCUT2D eigenvalue weighted by molar-refractivity contribution is 6.14. The number of nitrogens with zero attached hydrogens (tertiary/aromatic N) is 1. The van der Waals surface area contributed by atoms with E-state index in [0.29, 0.717) is 5.56 Å². The molecular weight excluding hydrogens is 208 g/mol. The average Bonchev–Trinajstić information content (AvgIpc) is 2.40. The largest absolute Gasteiger partial charge is 0.398 e. The van der Waals surface area contributed by atoms with Gasteiger partial charge in [-0.15, -0.1) is 0 Å². The summed E-state index contributed by atoms with van der Waals surface area (Å²) in [6.45, 7) is 0. The molecule has 0 fully saturated rings. The normalized spacial score (nSPS) is 10.5. The third-order valence-electron chi connectivity index (χ3n) is 3.08. The summed E-state index contributed by atoms with van der Waals surface area (Å²) >= 11 is 0. The molecule has 0 bridgehead atoms. The van der Waals surface area contributed by atoms with E-state index in [0.717, 1.165) is 27.2 Å². The number of nitriles is 1. The molecule has 3 aromatic carbocycles. The smallest absolute Gasteiger partial charge is 0.100 e. The maximum absolute atomic E-state index is 9.33. The van der Waals surface area contributed by atoms with Crippen LogP contribution in [0.25, 0.3) is 21.5 Å². The van der Waals surface area contributed by atoms with E-state index in [-0.39, 0.29) is 0 Å². The Balaban J connectivity index is 2.70. The van der Waals surface area contributed by atoms with Crippen LogP contribution in [-0.2, 0) is 0 Å². The average molecular weight is 218 g/mol. The van der Waals surface area contributed by atoms with Crippen LogP contribution in [-0.4, -0.2) is 0 Å². The van der Waals surface area contributed by atoms with Gasteiger partial charge in [-0.05, 0) is 0 Å². The Bertz CT molecular complexity index is 710. The lowest BCUT2D eigenvalue weighted by Gasteiger charge is -2.09. The molecule has 0 aliphatic heterocycles. The standard InChI is InChI=1S/C15H10N2/c16-9-14-10-5-1-3-7-12(10)15(17)13-8-4-2-6-11(13)14/h1-8H,17H2. The minimum atomic E-state index is 0.699. The van der Waals surface area contributed by atoms with Gasteiger partial charge >= 0.3 is 0 Å². The van der Waals surface area contributed by atoms with Crippen molar-refractivity contribution in [3.8, 4) is 6.07 Å². The lowest BCUT2D eigenvalue weighted by molar-refractivity contribution is 1.52. The van der Waals surface area contributed by atoms with Crippen molar-refractivity contribution in [3.63, 3.8) is 0 Å². The predicted octanol–water partition coefficient (Wildman–Crippen LogP) is 3.45. The van der Waals surface area contributed by atoms with Crippen LogP contribution in [0, 0.1) is 11.3 Å². The van der Waals surface area contributed by atoms with Crippen molar-refractivity contribution in [2.75, 3.05) is 5.73 Å². The number of hydrogen-bond acceptors (Lipinski definition) is 2. The third kappa shape index (κ3) is 1.26. The molecule has 17 heavy (non-hydrogen) atoms. The zero-order chi connectivity index (χ0) is 11.8. The SMILES string of the molecule is N#Cc1c2ccccc2c(N)c2ccccc12. The monoisotopic (exact) mass is 218 g/mol. The zero-order valence-electron chi connectivity index (χ0n) is 9.14. The Hall–Kier alpha value is -2.53. The van der Waals surface area contributed by atoms with E-state index in [1.54, 1.807) is 0 Å². The van der Waals surface area contributed by atoms with Crippen LogP contribution in [0.3, 0.4) is 0 Å². The summed E-state index contributed by atoms with van der Waals surface area (Å²) in [4.78, 5) is 0. The molecule has 0 amide bonds. The van der Waals surface area contributed by atoms with Crippen molar-refractivity contribution in [3.05, 3.63) is 54.1 Å². The van der Waals surface area contributed by atoms with E-state index in [9.17, 15) is 5.26 Å². The fraction of sp³-hybridized carbons (Fsp3) is 0. The van der Waals surface area contributed by atoms with Crippen molar-refractivity contribution in [2.45, 2.75) is 0 Å². The summed E-state index contributed by atoms with van der Waals surface area (Å²) in [5.74, 6) is 0. The van der Waals surface area contributed by atoms with Gasteiger partial charge in [0, 0.05) is 27.2 Å². The lowest BCUT2D eigenvalue weighted by Crippen LogP contribution is -1.92. The second kappa shape index (κ2) is 3.50. The van der Waals surface area contributed by atoms with Crippen molar-refractivity contribution in [2.24, 2.45) is 0 Å². The summed E-state index contributed by atoms with van der Waals surface area (Å²) in [5.41, 5.74) is 7.61. The van der Waals surface area contributed by atoms with Crippen molar-refractivity contribution >= 4 is 27.2 Å². The molecule has 3 rings (SSSR count). The Morgan fingerprint density at radius 3 is 1.59 bits per heavy atom. The van der Waals surface area contributed by atoms with Gasteiger partial charge in [-0.2, -0.15) is 5.26 Å². The lowest BCUT2D eigenvalue weighted by atomic mass is 9.96. The number of rotatable bonds is 0. The number of hydrogen-bond donors (Lipinski definition) is 1. The van der Waals surface area contributed by atoms with Gasteiger partial charge in [0.05, 0.1) is 5.56 Å². The van der Waals surface area contributed by atoms with Crippen molar-refractivity contribution in [1.29, 1.82) is 5.26 Å². The Labute approximate surface area is 98.9 Å². The Morgan fingerprint density at radius 2 is 1.18 bits per heavy atom. The molecule has 2 N–H and O–H groups in total. The minimum Gasteiger partial charge on any atom is -0.398 e. The summed E-state index contributed by atoms with van der Waals surface area (Å²) in [7, 11) is 0. The second-order valence-electron chi connectivity index (χ2n) is 3.99.